The normalized spacial score (nSPS) is 12.8. The summed E-state index contributed by atoms with van der Waals surface area (Å²) in [5, 5.41) is 0. The standard InChI is InChI=1S/C18H21NO/c1-3-4-11-19-17-8-6-5-7-14(17)12-15-13-16(20-2)9-10-18(15)19/h5-10,13H,3-4,11-12H2,1-2H3. The summed E-state index contributed by atoms with van der Waals surface area (Å²) in [7, 11) is 1.73. The number of hydrogen-bond donors (Lipinski definition) is 0. The number of benzene rings is 2. The number of fused-ring (bicyclic) bond motifs is 2. The number of rotatable bonds is 4. The van der Waals surface area contributed by atoms with Crippen LogP contribution in [0.15, 0.2) is 42.5 Å². The largest absolute Gasteiger partial charge is 0.497 e. The molecule has 104 valence electrons. The first-order valence-corrected chi connectivity index (χ1v) is 7.36. The smallest absolute Gasteiger partial charge is 0.119 e. The van der Waals surface area contributed by atoms with Gasteiger partial charge in [0, 0.05) is 24.3 Å². The highest BCUT2D eigenvalue weighted by Gasteiger charge is 2.22. The van der Waals surface area contributed by atoms with Crippen LogP contribution in [0.2, 0.25) is 0 Å². The van der Waals surface area contributed by atoms with Crippen LogP contribution in [0.25, 0.3) is 0 Å². The van der Waals surface area contributed by atoms with Crippen molar-refractivity contribution in [3.63, 3.8) is 0 Å². The summed E-state index contributed by atoms with van der Waals surface area (Å²) >= 11 is 0. The molecule has 0 N–H and O–H groups in total. The van der Waals surface area contributed by atoms with Gasteiger partial charge in [0.1, 0.15) is 5.75 Å². The maximum Gasteiger partial charge on any atom is 0.119 e. The molecular formula is C18H21NO. The Hall–Kier alpha value is -1.96. The monoisotopic (exact) mass is 267 g/mol. The SMILES string of the molecule is CCCCN1c2ccccc2Cc2cc(OC)ccc21. The van der Waals surface area contributed by atoms with Crippen LogP contribution in [0.1, 0.15) is 30.9 Å². The Bertz CT molecular complexity index is 606. The second kappa shape index (κ2) is 5.58. The third-order valence-corrected chi connectivity index (χ3v) is 3.98. The molecule has 0 fully saturated rings. The van der Waals surface area contributed by atoms with Gasteiger partial charge < -0.3 is 9.64 Å². The molecule has 20 heavy (non-hydrogen) atoms. The number of para-hydroxylation sites is 1. The van der Waals surface area contributed by atoms with E-state index in [0.29, 0.717) is 0 Å². The van der Waals surface area contributed by atoms with Crippen molar-refractivity contribution in [1.29, 1.82) is 0 Å². The van der Waals surface area contributed by atoms with Crippen LogP contribution in [0.5, 0.6) is 5.75 Å². The number of methoxy groups -OCH3 is 1. The first-order valence-electron chi connectivity index (χ1n) is 7.36. The van der Waals surface area contributed by atoms with Crippen molar-refractivity contribution in [2.75, 3.05) is 18.6 Å². The molecule has 0 atom stereocenters. The fraction of sp³-hybridized carbons (Fsp3) is 0.333. The molecule has 3 rings (SSSR count). The molecule has 0 bridgehead atoms. The third-order valence-electron chi connectivity index (χ3n) is 3.98. The molecule has 1 aliphatic heterocycles. The van der Waals surface area contributed by atoms with Crippen LogP contribution >= 0.6 is 0 Å². The lowest BCUT2D eigenvalue weighted by Gasteiger charge is -2.33. The van der Waals surface area contributed by atoms with Crippen LogP contribution in [-0.2, 0) is 6.42 Å². The van der Waals surface area contributed by atoms with Gasteiger partial charge in [-0.15, -0.1) is 0 Å². The van der Waals surface area contributed by atoms with E-state index in [1.165, 1.54) is 35.3 Å². The number of unbranched alkanes of at least 4 members (excludes halogenated alkanes) is 1. The fourth-order valence-electron chi connectivity index (χ4n) is 2.91. The van der Waals surface area contributed by atoms with Gasteiger partial charge in [-0.25, -0.2) is 0 Å². The van der Waals surface area contributed by atoms with Gasteiger partial charge in [-0.1, -0.05) is 31.5 Å². The van der Waals surface area contributed by atoms with Gasteiger partial charge in [0.05, 0.1) is 7.11 Å². The first-order chi connectivity index (χ1) is 9.83. The van der Waals surface area contributed by atoms with Crippen molar-refractivity contribution in [1.82, 2.24) is 0 Å². The van der Waals surface area contributed by atoms with Gasteiger partial charge in [-0.2, -0.15) is 0 Å². The first kappa shape index (κ1) is 13.0. The van der Waals surface area contributed by atoms with E-state index in [9.17, 15) is 0 Å². The topological polar surface area (TPSA) is 12.5 Å². The molecule has 0 amide bonds. The summed E-state index contributed by atoms with van der Waals surface area (Å²) in [5.74, 6) is 0.943. The average Bonchev–Trinajstić information content (AvgIpc) is 2.50. The summed E-state index contributed by atoms with van der Waals surface area (Å²) in [4.78, 5) is 2.46. The molecule has 2 aromatic rings. The maximum atomic E-state index is 5.37. The molecule has 2 aromatic carbocycles. The van der Waals surface area contributed by atoms with E-state index in [1.54, 1.807) is 7.11 Å². The van der Waals surface area contributed by atoms with Gasteiger partial charge in [0.25, 0.3) is 0 Å². The van der Waals surface area contributed by atoms with E-state index in [-0.39, 0.29) is 0 Å². The summed E-state index contributed by atoms with van der Waals surface area (Å²) in [6.45, 7) is 3.32. The number of ether oxygens (including phenoxy) is 1. The van der Waals surface area contributed by atoms with Gasteiger partial charge >= 0.3 is 0 Å². The third kappa shape index (κ3) is 2.26. The lowest BCUT2D eigenvalue weighted by molar-refractivity contribution is 0.414. The van der Waals surface area contributed by atoms with Gasteiger partial charge in [0.15, 0.2) is 0 Å². The lowest BCUT2D eigenvalue weighted by Crippen LogP contribution is -2.24. The van der Waals surface area contributed by atoms with E-state index in [4.69, 9.17) is 4.74 Å². The van der Waals surface area contributed by atoms with Crippen molar-refractivity contribution >= 4 is 11.4 Å². The van der Waals surface area contributed by atoms with Crippen LogP contribution < -0.4 is 9.64 Å². The second-order valence-corrected chi connectivity index (χ2v) is 5.31. The highest BCUT2D eigenvalue weighted by Crippen LogP contribution is 2.39. The average molecular weight is 267 g/mol. The lowest BCUT2D eigenvalue weighted by atomic mass is 9.95. The molecular weight excluding hydrogens is 246 g/mol. The Balaban J connectivity index is 2.05. The fourth-order valence-corrected chi connectivity index (χ4v) is 2.91. The van der Waals surface area contributed by atoms with Crippen molar-refractivity contribution < 1.29 is 4.74 Å². The van der Waals surface area contributed by atoms with Crippen molar-refractivity contribution in [3.8, 4) is 5.75 Å². The highest BCUT2D eigenvalue weighted by molar-refractivity contribution is 5.74. The minimum Gasteiger partial charge on any atom is -0.497 e. The maximum absolute atomic E-state index is 5.37. The highest BCUT2D eigenvalue weighted by atomic mass is 16.5. The van der Waals surface area contributed by atoms with Crippen LogP contribution in [0.3, 0.4) is 0 Å². The van der Waals surface area contributed by atoms with E-state index < -0.39 is 0 Å². The Labute approximate surface area is 121 Å². The quantitative estimate of drug-likeness (QED) is 0.806. The molecule has 2 heteroatoms. The Kier molecular flexibility index (Phi) is 3.64. The minimum absolute atomic E-state index is 0.943. The second-order valence-electron chi connectivity index (χ2n) is 5.31. The van der Waals surface area contributed by atoms with Gasteiger partial charge in [-0.05, 0) is 41.8 Å². The zero-order chi connectivity index (χ0) is 13.9. The van der Waals surface area contributed by atoms with Gasteiger partial charge in [-0.3, -0.25) is 0 Å². The minimum atomic E-state index is 0.943. The summed E-state index contributed by atoms with van der Waals surface area (Å²) in [6, 6.07) is 15.2. The van der Waals surface area contributed by atoms with Crippen molar-refractivity contribution in [2.24, 2.45) is 0 Å². The number of nitrogens with zero attached hydrogens (tertiary/aromatic N) is 1. The van der Waals surface area contributed by atoms with Crippen LogP contribution in [-0.4, -0.2) is 13.7 Å². The zero-order valence-corrected chi connectivity index (χ0v) is 12.2. The molecule has 0 aromatic heterocycles. The van der Waals surface area contributed by atoms with E-state index in [0.717, 1.165) is 18.7 Å². The van der Waals surface area contributed by atoms with E-state index >= 15 is 0 Å². The molecule has 0 saturated heterocycles. The van der Waals surface area contributed by atoms with E-state index in [1.807, 2.05) is 0 Å². The molecule has 0 unspecified atom stereocenters. The summed E-state index contributed by atoms with van der Waals surface area (Å²) in [5.41, 5.74) is 5.46. The molecule has 1 heterocycles. The summed E-state index contributed by atoms with van der Waals surface area (Å²) < 4.78 is 5.37. The molecule has 0 spiro atoms. The van der Waals surface area contributed by atoms with Crippen molar-refractivity contribution in [2.45, 2.75) is 26.2 Å². The molecule has 0 saturated carbocycles. The Morgan fingerprint density at radius 3 is 2.65 bits per heavy atom. The zero-order valence-electron chi connectivity index (χ0n) is 12.2. The molecule has 2 nitrogen and oxygen atoms in total. The molecule has 0 aliphatic carbocycles. The number of hydrogen-bond acceptors (Lipinski definition) is 2. The predicted octanol–water partition coefficient (Wildman–Crippen LogP) is 4.54. The van der Waals surface area contributed by atoms with Crippen LogP contribution in [0.4, 0.5) is 11.4 Å². The molecule has 1 aliphatic rings. The Morgan fingerprint density at radius 1 is 1.05 bits per heavy atom. The number of anilines is 2. The van der Waals surface area contributed by atoms with E-state index in [2.05, 4.69) is 54.3 Å². The van der Waals surface area contributed by atoms with Crippen LogP contribution in [0, 0.1) is 0 Å². The van der Waals surface area contributed by atoms with Crippen molar-refractivity contribution in [3.05, 3.63) is 53.6 Å². The van der Waals surface area contributed by atoms with Gasteiger partial charge in [0.2, 0.25) is 0 Å². The predicted molar refractivity (Wildman–Crippen MR) is 84.2 cm³/mol. The Morgan fingerprint density at radius 2 is 1.85 bits per heavy atom. The molecule has 0 radical (unpaired) electrons. The summed E-state index contributed by atoms with van der Waals surface area (Å²) in [6.07, 6.45) is 3.41.